The molecule has 4 rings (SSSR count). The summed E-state index contributed by atoms with van der Waals surface area (Å²) >= 11 is 0. The van der Waals surface area contributed by atoms with Crippen molar-refractivity contribution in [3.63, 3.8) is 0 Å². The molecular formula is C27H30N4O3S. The molecule has 35 heavy (non-hydrogen) atoms. The van der Waals surface area contributed by atoms with Crippen molar-refractivity contribution in [3.05, 3.63) is 95.7 Å². The Bertz CT molecular complexity index is 1350. The highest BCUT2D eigenvalue weighted by Gasteiger charge is 2.17. The fourth-order valence-corrected chi connectivity index (χ4v) is 4.88. The predicted octanol–water partition coefficient (Wildman–Crippen LogP) is 4.79. The Kier molecular flexibility index (Phi) is 7.65. The quantitative estimate of drug-likeness (QED) is 0.298. The number of nitrogens with zero attached hydrogens (tertiary/aromatic N) is 1. The van der Waals surface area contributed by atoms with Crippen LogP contribution in [0.5, 0.6) is 5.75 Å². The van der Waals surface area contributed by atoms with E-state index in [0.717, 1.165) is 45.2 Å². The van der Waals surface area contributed by atoms with Crippen LogP contribution in [-0.4, -0.2) is 32.0 Å². The van der Waals surface area contributed by atoms with Crippen LogP contribution in [-0.2, 0) is 16.6 Å². The third kappa shape index (κ3) is 6.36. The number of rotatable bonds is 10. The van der Waals surface area contributed by atoms with Crippen LogP contribution in [0.15, 0.2) is 78.9 Å². The smallest absolute Gasteiger partial charge is 0.277 e. The van der Waals surface area contributed by atoms with Crippen molar-refractivity contribution in [2.45, 2.75) is 26.3 Å². The highest BCUT2D eigenvalue weighted by atomic mass is 32.2. The van der Waals surface area contributed by atoms with E-state index in [2.05, 4.69) is 14.4 Å². The molecule has 0 fully saturated rings. The minimum atomic E-state index is -3.70. The van der Waals surface area contributed by atoms with Crippen LogP contribution >= 0.6 is 0 Å². The van der Waals surface area contributed by atoms with Crippen LogP contribution in [0.3, 0.4) is 0 Å². The lowest BCUT2D eigenvalue weighted by atomic mass is 10.1. The summed E-state index contributed by atoms with van der Waals surface area (Å²) < 4.78 is 35.9. The highest BCUT2D eigenvalue weighted by molar-refractivity contribution is 7.87. The van der Waals surface area contributed by atoms with E-state index in [9.17, 15) is 8.42 Å². The summed E-state index contributed by atoms with van der Waals surface area (Å²) in [6.07, 6.45) is 0.421. The maximum atomic E-state index is 12.7. The maximum Gasteiger partial charge on any atom is 0.277 e. The number of methoxy groups -OCH3 is 1. The summed E-state index contributed by atoms with van der Waals surface area (Å²) in [5, 5.41) is 0. The third-order valence-electron chi connectivity index (χ3n) is 5.77. The average molecular weight is 491 g/mol. The first-order valence-corrected chi connectivity index (χ1v) is 12.9. The van der Waals surface area contributed by atoms with E-state index in [1.807, 2.05) is 92.7 Å². The van der Waals surface area contributed by atoms with E-state index in [0.29, 0.717) is 6.42 Å². The van der Waals surface area contributed by atoms with E-state index < -0.39 is 10.2 Å². The molecule has 0 radical (unpaired) electrons. The van der Waals surface area contributed by atoms with Gasteiger partial charge in [-0.1, -0.05) is 60.2 Å². The largest absolute Gasteiger partial charge is 0.497 e. The summed E-state index contributed by atoms with van der Waals surface area (Å²) in [5.41, 5.74) is 5.58. The van der Waals surface area contributed by atoms with E-state index in [1.165, 1.54) is 0 Å². The number of nitrogens with one attached hydrogen (secondary N) is 3. The van der Waals surface area contributed by atoms with E-state index >= 15 is 0 Å². The van der Waals surface area contributed by atoms with E-state index in [1.54, 1.807) is 7.11 Å². The van der Waals surface area contributed by atoms with Gasteiger partial charge in [-0.3, -0.25) is 0 Å². The van der Waals surface area contributed by atoms with Gasteiger partial charge in [0.25, 0.3) is 10.2 Å². The molecule has 1 heterocycles. The number of ether oxygens (including phenoxy) is 1. The lowest BCUT2D eigenvalue weighted by Crippen LogP contribution is -2.39. The van der Waals surface area contributed by atoms with Crippen LogP contribution in [0.1, 0.15) is 29.8 Å². The van der Waals surface area contributed by atoms with Crippen molar-refractivity contribution in [1.29, 1.82) is 0 Å². The van der Waals surface area contributed by atoms with Crippen molar-refractivity contribution in [3.8, 4) is 28.4 Å². The van der Waals surface area contributed by atoms with Crippen molar-refractivity contribution < 1.29 is 13.2 Å². The molecule has 182 valence electrons. The number of hydrogen-bond donors (Lipinski definition) is 3. The van der Waals surface area contributed by atoms with Gasteiger partial charge in [0, 0.05) is 30.1 Å². The first-order chi connectivity index (χ1) is 16.8. The lowest BCUT2D eigenvalue weighted by Gasteiger charge is -2.15. The average Bonchev–Trinajstić information content (AvgIpc) is 3.28. The third-order valence-corrected chi connectivity index (χ3v) is 7.02. The summed E-state index contributed by atoms with van der Waals surface area (Å²) in [5.74, 6) is 1.50. The van der Waals surface area contributed by atoms with Crippen LogP contribution in [0, 0.1) is 6.92 Å². The molecule has 0 saturated heterocycles. The number of imidazole rings is 1. The molecule has 0 aliphatic heterocycles. The first kappa shape index (κ1) is 24.7. The molecule has 0 spiro atoms. The number of aryl methyl sites for hydroxylation is 1. The Hall–Kier alpha value is -3.46. The second-order valence-electron chi connectivity index (χ2n) is 8.40. The van der Waals surface area contributed by atoms with Crippen LogP contribution < -0.4 is 14.2 Å². The Morgan fingerprint density at radius 2 is 1.63 bits per heavy atom. The van der Waals surface area contributed by atoms with Crippen molar-refractivity contribution in [2.75, 3.05) is 13.7 Å². The molecule has 0 aliphatic rings. The van der Waals surface area contributed by atoms with Gasteiger partial charge in [0.1, 0.15) is 11.6 Å². The van der Waals surface area contributed by atoms with Gasteiger partial charge in [-0.15, -0.1) is 0 Å². The number of hydrogen-bond acceptors (Lipinski definition) is 4. The number of aromatic nitrogens is 2. The van der Waals surface area contributed by atoms with Crippen LogP contribution in [0.25, 0.3) is 22.6 Å². The molecule has 1 atom stereocenters. The molecule has 0 amide bonds. The summed E-state index contributed by atoms with van der Waals surface area (Å²) in [6.45, 7) is 4.03. The molecule has 3 N–H and O–H groups in total. The standard InChI is InChI=1S/C27H30N4O3S/c1-19-9-11-21(12-10-19)20(2)31-35(32,33)28-18-17-25-26(22-13-15-24(34-3)16-14-22)30-27(29-25)23-7-5-4-6-8-23/h4-16,20,28,31H,17-18H2,1-3H3,(H,29,30)/t20-/m0/s1. The number of H-pyrrole nitrogens is 1. The fourth-order valence-electron chi connectivity index (χ4n) is 3.82. The van der Waals surface area contributed by atoms with Crippen molar-refractivity contribution >= 4 is 10.2 Å². The van der Waals surface area contributed by atoms with Gasteiger partial charge in [-0.25, -0.2) is 9.71 Å². The van der Waals surface area contributed by atoms with Gasteiger partial charge >= 0.3 is 0 Å². The zero-order chi connectivity index (χ0) is 24.8. The highest BCUT2D eigenvalue weighted by Crippen LogP contribution is 2.28. The lowest BCUT2D eigenvalue weighted by molar-refractivity contribution is 0.415. The van der Waals surface area contributed by atoms with Gasteiger partial charge in [-0.2, -0.15) is 13.1 Å². The molecule has 0 bridgehead atoms. The number of benzene rings is 3. The van der Waals surface area contributed by atoms with Gasteiger partial charge in [0.15, 0.2) is 0 Å². The molecule has 8 heteroatoms. The van der Waals surface area contributed by atoms with E-state index in [-0.39, 0.29) is 12.6 Å². The second-order valence-corrected chi connectivity index (χ2v) is 9.93. The van der Waals surface area contributed by atoms with E-state index in [4.69, 9.17) is 9.72 Å². The topological polar surface area (TPSA) is 96.1 Å². The van der Waals surface area contributed by atoms with Gasteiger partial charge in [0.05, 0.1) is 18.5 Å². The summed E-state index contributed by atoms with van der Waals surface area (Å²) in [6, 6.07) is 25.0. The minimum Gasteiger partial charge on any atom is -0.497 e. The predicted molar refractivity (Wildman–Crippen MR) is 139 cm³/mol. The number of aromatic amines is 1. The molecule has 1 aromatic heterocycles. The molecular weight excluding hydrogens is 460 g/mol. The summed E-state index contributed by atoms with van der Waals surface area (Å²) in [7, 11) is -2.07. The normalized spacial score (nSPS) is 12.4. The van der Waals surface area contributed by atoms with Gasteiger partial charge < -0.3 is 9.72 Å². The maximum absolute atomic E-state index is 12.7. The van der Waals surface area contributed by atoms with Crippen LogP contribution in [0.2, 0.25) is 0 Å². The summed E-state index contributed by atoms with van der Waals surface area (Å²) in [4.78, 5) is 8.21. The fraction of sp³-hybridized carbons (Fsp3) is 0.222. The van der Waals surface area contributed by atoms with Crippen molar-refractivity contribution in [1.82, 2.24) is 19.4 Å². The monoisotopic (exact) mass is 490 g/mol. The van der Waals surface area contributed by atoms with Gasteiger partial charge in [-0.05, 0) is 43.7 Å². The molecule has 4 aromatic rings. The SMILES string of the molecule is COc1ccc(-c2[nH]c(-c3ccccc3)nc2CCNS(=O)(=O)N[C@@H](C)c2ccc(C)cc2)cc1. The molecule has 0 saturated carbocycles. The molecule has 0 unspecified atom stereocenters. The zero-order valence-electron chi connectivity index (χ0n) is 20.1. The zero-order valence-corrected chi connectivity index (χ0v) is 20.9. The minimum absolute atomic E-state index is 0.207. The Morgan fingerprint density at radius 3 is 2.29 bits per heavy atom. The second kappa shape index (κ2) is 10.9. The molecule has 7 nitrogen and oxygen atoms in total. The Labute approximate surface area is 206 Å². The molecule has 0 aliphatic carbocycles. The Balaban J connectivity index is 1.49. The Morgan fingerprint density at radius 1 is 0.943 bits per heavy atom. The van der Waals surface area contributed by atoms with Crippen LogP contribution in [0.4, 0.5) is 0 Å². The first-order valence-electron chi connectivity index (χ1n) is 11.5. The van der Waals surface area contributed by atoms with Crippen molar-refractivity contribution in [2.24, 2.45) is 0 Å². The van der Waals surface area contributed by atoms with Gasteiger partial charge in [0.2, 0.25) is 0 Å². The molecule has 3 aromatic carbocycles.